The maximum absolute atomic E-state index is 12.8. The van der Waals surface area contributed by atoms with Gasteiger partial charge in [0.15, 0.2) is 11.5 Å². The van der Waals surface area contributed by atoms with E-state index in [2.05, 4.69) is 15.4 Å². The van der Waals surface area contributed by atoms with Gasteiger partial charge in [-0.15, -0.1) is 11.3 Å². The van der Waals surface area contributed by atoms with Gasteiger partial charge in [0.2, 0.25) is 0 Å². The van der Waals surface area contributed by atoms with E-state index in [4.69, 9.17) is 4.98 Å². The highest BCUT2D eigenvalue weighted by Crippen LogP contribution is 2.33. The summed E-state index contributed by atoms with van der Waals surface area (Å²) in [7, 11) is 0. The molecule has 0 bridgehead atoms. The van der Waals surface area contributed by atoms with Crippen LogP contribution in [0.1, 0.15) is 47.8 Å². The number of aromatic nitrogens is 4. The molecule has 4 heterocycles. The average Bonchev–Trinajstić information content (AvgIpc) is 3.54. The molecule has 9 nitrogen and oxygen atoms in total. The van der Waals surface area contributed by atoms with Crippen LogP contribution in [-0.2, 0) is 0 Å². The maximum atomic E-state index is 12.8. The van der Waals surface area contributed by atoms with Crippen molar-refractivity contribution in [1.82, 2.24) is 19.7 Å². The lowest BCUT2D eigenvalue weighted by Gasteiger charge is -2.22. The molecule has 31 heavy (non-hydrogen) atoms. The lowest BCUT2D eigenvalue weighted by molar-refractivity contribution is -0.380. The van der Waals surface area contributed by atoms with Crippen LogP contribution in [0.25, 0.3) is 21.7 Å². The zero-order chi connectivity index (χ0) is 21.4. The summed E-state index contributed by atoms with van der Waals surface area (Å²) in [6.45, 7) is 0. The summed E-state index contributed by atoms with van der Waals surface area (Å²) < 4.78 is 1.96. The summed E-state index contributed by atoms with van der Waals surface area (Å²) in [6, 6.07) is 6.91. The van der Waals surface area contributed by atoms with E-state index < -0.39 is 10.8 Å². The number of nitrogens with one attached hydrogen (secondary N) is 1. The Morgan fingerprint density at radius 2 is 2.03 bits per heavy atom. The lowest BCUT2D eigenvalue weighted by Crippen LogP contribution is -2.15. The number of fused-ring (bicyclic) bond motifs is 1. The molecular formula is C20H18N6O3S2. The summed E-state index contributed by atoms with van der Waals surface area (Å²) in [4.78, 5) is 33.8. The number of anilines is 1. The van der Waals surface area contributed by atoms with Crippen LogP contribution in [0.5, 0.6) is 0 Å². The van der Waals surface area contributed by atoms with Crippen molar-refractivity contribution >= 4 is 50.4 Å². The first-order valence-electron chi connectivity index (χ1n) is 9.95. The number of rotatable bonds is 5. The fraction of sp³-hybridized carbons (Fsp3) is 0.300. The number of hydrogen-bond donors (Lipinski definition) is 1. The third-order valence-corrected chi connectivity index (χ3v) is 7.24. The molecular weight excluding hydrogens is 436 g/mol. The molecule has 1 saturated carbocycles. The zero-order valence-electron chi connectivity index (χ0n) is 16.4. The van der Waals surface area contributed by atoms with Gasteiger partial charge in [-0.3, -0.25) is 14.9 Å². The van der Waals surface area contributed by atoms with Crippen molar-refractivity contribution in [1.29, 1.82) is 0 Å². The first-order chi connectivity index (χ1) is 15.1. The molecule has 158 valence electrons. The summed E-state index contributed by atoms with van der Waals surface area (Å²) in [5, 5.41) is 20.9. The van der Waals surface area contributed by atoms with Crippen molar-refractivity contribution < 1.29 is 9.72 Å². The van der Waals surface area contributed by atoms with Gasteiger partial charge >= 0.3 is 5.00 Å². The van der Waals surface area contributed by atoms with Crippen LogP contribution < -0.4 is 5.32 Å². The number of amides is 1. The topological polar surface area (TPSA) is 116 Å². The predicted octanol–water partition coefficient (Wildman–Crippen LogP) is 5.28. The normalized spacial score (nSPS) is 14.7. The standard InChI is InChI=1S/C20H18N6O3S2/c27-20(15-8-9-16(31-15)26(28)29)24-17-13-11-21-25(12-5-2-1-3-6-12)19(13)23-18(22-17)14-7-4-10-30-14/h4,7-12H,1-3,5-6H2,(H,22,23,24,27). The van der Waals surface area contributed by atoms with Crippen LogP contribution in [0, 0.1) is 10.1 Å². The van der Waals surface area contributed by atoms with Gasteiger partial charge in [0.05, 0.1) is 32.3 Å². The van der Waals surface area contributed by atoms with E-state index in [1.165, 1.54) is 29.9 Å². The molecule has 0 atom stereocenters. The minimum atomic E-state index is -0.507. The van der Waals surface area contributed by atoms with Gasteiger partial charge in [0, 0.05) is 6.07 Å². The second-order valence-electron chi connectivity index (χ2n) is 7.34. The third-order valence-electron chi connectivity index (χ3n) is 5.34. The Labute approximate surface area is 184 Å². The van der Waals surface area contributed by atoms with Crippen LogP contribution in [0.3, 0.4) is 0 Å². The van der Waals surface area contributed by atoms with E-state index in [0.29, 0.717) is 22.7 Å². The van der Waals surface area contributed by atoms with Gasteiger partial charge in [-0.05, 0) is 30.4 Å². The Balaban J connectivity index is 1.56. The fourth-order valence-electron chi connectivity index (χ4n) is 3.85. The smallest absolute Gasteiger partial charge is 0.305 e. The van der Waals surface area contributed by atoms with E-state index in [1.54, 1.807) is 6.20 Å². The second-order valence-corrected chi connectivity index (χ2v) is 9.35. The quantitative estimate of drug-likeness (QED) is 0.324. The monoisotopic (exact) mass is 454 g/mol. The SMILES string of the molecule is O=C(Nc1nc(-c2cccs2)nc2c1cnn2C1CCCCC1)c1ccc([N+](=O)[O-])s1. The number of hydrogen-bond acceptors (Lipinski definition) is 8. The van der Waals surface area contributed by atoms with Crippen LogP contribution >= 0.6 is 22.7 Å². The van der Waals surface area contributed by atoms with Crippen molar-refractivity contribution in [3.63, 3.8) is 0 Å². The lowest BCUT2D eigenvalue weighted by atomic mass is 9.96. The number of carbonyl (C=O) groups excluding carboxylic acids is 1. The first kappa shape index (κ1) is 19.8. The second kappa shape index (κ2) is 8.16. The molecule has 0 aromatic carbocycles. The van der Waals surface area contributed by atoms with E-state index in [0.717, 1.165) is 41.9 Å². The molecule has 0 radical (unpaired) electrons. The molecule has 4 aromatic rings. The summed E-state index contributed by atoms with van der Waals surface area (Å²) in [5.74, 6) is 0.435. The molecule has 0 aliphatic heterocycles. The summed E-state index contributed by atoms with van der Waals surface area (Å²) in [5.41, 5.74) is 0.692. The van der Waals surface area contributed by atoms with Crippen molar-refractivity contribution in [2.24, 2.45) is 0 Å². The minimum Gasteiger partial charge on any atom is -0.305 e. The molecule has 1 aliphatic rings. The minimum absolute atomic E-state index is 0.0811. The van der Waals surface area contributed by atoms with E-state index in [-0.39, 0.29) is 15.9 Å². The van der Waals surface area contributed by atoms with Gasteiger partial charge in [0.25, 0.3) is 5.91 Å². The largest absolute Gasteiger partial charge is 0.324 e. The van der Waals surface area contributed by atoms with Crippen molar-refractivity contribution in [3.05, 3.63) is 50.8 Å². The highest BCUT2D eigenvalue weighted by atomic mass is 32.1. The van der Waals surface area contributed by atoms with Crippen LogP contribution in [-0.4, -0.2) is 30.6 Å². The Hall–Kier alpha value is -3.18. The Morgan fingerprint density at radius 3 is 2.74 bits per heavy atom. The fourth-order valence-corrected chi connectivity index (χ4v) is 5.22. The molecule has 5 rings (SSSR count). The van der Waals surface area contributed by atoms with E-state index in [9.17, 15) is 14.9 Å². The van der Waals surface area contributed by atoms with Crippen molar-refractivity contribution in [2.45, 2.75) is 38.1 Å². The average molecular weight is 455 g/mol. The van der Waals surface area contributed by atoms with Crippen molar-refractivity contribution in [2.75, 3.05) is 5.32 Å². The van der Waals surface area contributed by atoms with Crippen LogP contribution in [0.2, 0.25) is 0 Å². The highest BCUT2D eigenvalue weighted by molar-refractivity contribution is 7.17. The summed E-state index contributed by atoms with van der Waals surface area (Å²) in [6.07, 6.45) is 7.35. The highest BCUT2D eigenvalue weighted by Gasteiger charge is 2.23. The number of nitro groups is 1. The molecule has 1 amide bonds. The number of nitrogens with zero attached hydrogens (tertiary/aromatic N) is 5. The van der Waals surface area contributed by atoms with Gasteiger partial charge in [-0.25, -0.2) is 14.6 Å². The molecule has 4 aromatic heterocycles. The number of carbonyl (C=O) groups is 1. The van der Waals surface area contributed by atoms with Gasteiger partial charge in [-0.2, -0.15) is 5.10 Å². The molecule has 1 fully saturated rings. The van der Waals surface area contributed by atoms with Crippen LogP contribution in [0.4, 0.5) is 10.8 Å². The Bertz CT molecular complexity index is 1260. The predicted molar refractivity (Wildman–Crippen MR) is 120 cm³/mol. The van der Waals surface area contributed by atoms with Crippen molar-refractivity contribution in [3.8, 4) is 10.7 Å². The van der Waals surface area contributed by atoms with Gasteiger partial charge in [-0.1, -0.05) is 36.7 Å². The molecule has 0 saturated heterocycles. The van der Waals surface area contributed by atoms with Crippen LogP contribution in [0.15, 0.2) is 35.8 Å². The Kier molecular flexibility index (Phi) is 5.20. The first-order valence-corrected chi connectivity index (χ1v) is 11.6. The Morgan fingerprint density at radius 1 is 1.19 bits per heavy atom. The molecule has 1 N–H and O–H groups in total. The van der Waals surface area contributed by atoms with E-state index >= 15 is 0 Å². The van der Waals surface area contributed by atoms with Gasteiger partial charge < -0.3 is 5.32 Å². The molecule has 0 unspecified atom stereocenters. The maximum Gasteiger partial charge on any atom is 0.324 e. The number of thiophene rings is 2. The summed E-state index contributed by atoms with van der Waals surface area (Å²) >= 11 is 2.35. The molecule has 0 spiro atoms. The molecule has 1 aliphatic carbocycles. The zero-order valence-corrected chi connectivity index (χ0v) is 18.0. The van der Waals surface area contributed by atoms with Gasteiger partial charge in [0.1, 0.15) is 5.82 Å². The van der Waals surface area contributed by atoms with E-state index in [1.807, 2.05) is 22.2 Å². The molecule has 11 heteroatoms. The third kappa shape index (κ3) is 3.81.